The van der Waals surface area contributed by atoms with Gasteiger partial charge in [0.05, 0.1) is 11.4 Å². The van der Waals surface area contributed by atoms with E-state index >= 15 is 0 Å². The molecule has 0 spiro atoms. The van der Waals surface area contributed by atoms with Gasteiger partial charge in [-0.25, -0.2) is 0 Å². The molecular weight excluding hydrogens is 586 g/mol. The largest absolute Gasteiger partial charge is 0.579 e. The number of nitrogens with one attached hydrogen (secondary N) is 3. The van der Waals surface area contributed by atoms with Crippen LogP contribution in [0.15, 0.2) is 136 Å². The zero-order chi connectivity index (χ0) is 32.9. The Balaban J connectivity index is 1.35. The van der Waals surface area contributed by atoms with Crippen LogP contribution in [0, 0.1) is 10.8 Å². The number of allylic oxidation sites excluding steroid dienone is 5. The number of nitrogens with two attached hydrogens (primary N) is 3. The van der Waals surface area contributed by atoms with Gasteiger partial charge in [-0.1, -0.05) is 84.1 Å². The summed E-state index contributed by atoms with van der Waals surface area (Å²) in [4.78, 5) is 5.01. The number of anilines is 1. The SMILES string of the molecule is CCN=C(C1=C2CC(NN=Nc3cccc(C(=N)N)c3)=CC=C2c2ccc(N(N)[N-]c3cccc(C(=N)N)c3)cc21)c1ccccc1. The van der Waals surface area contributed by atoms with Crippen LogP contribution in [0.4, 0.5) is 17.1 Å². The van der Waals surface area contributed by atoms with Crippen LogP contribution < -0.4 is 27.9 Å². The predicted octanol–water partition coefficient (Wildman–Crippen LogP) is 6.79. The lowest BCUT2D eigenvalue weighted by Gasteiger charge is -2.36. The van der Waals surface area contributed by atoms with Crippen molar-refractivity contribution in [2.75, 3.05) is 11.7 Å². The van der Waals surface area contributed by atoms with Gasteiger partial charge in [0.25, 0.3) is 0 Å². The molecule has 0 saturated carbocycles. The fraction of sp³-hybridized carbons (Fsp3) is 0.0833. The van der Waals surface area contributed by atoms with Gasteiger partial charge in [-0.05, 0) is 59.5 Å². The summed E-state index contributed by atoms with van der Waals surface area (Å²) in [7, 11) is 0. The monoisotopic (exact) mass is 620 g/mol. The highest BCUT2D eigenvalue weighted by molar-refractivity contribution is 6.37. The summed E-state index contributed by atoms with van der Waals surface area (Å²) in [5, 5.41) is 25.3. The van der Waals surface area contributed by atoms with Crippen LogP contribution in [0.25, 0.3) is 16.6 Å². The number of nitrogen functional groups attached to an aromatic ring is 2. The molecule has 0 unspecified atom stereocenters. The summed E-state index contributed by atoms with van der Waals surface area (Å²) in [6.07, 6.45) is 4.67. The van der Waals surface area contributed by atoms with Gasteiger partial charge in [-0.2, -0.15) is 0 Å². The maximum Gasteiger partial charge on any atom is 0.122 e. The minimum absolute atomic E-state index is 0.0253. The molecule has 6 rings (SSSR count). The molecule has 4 aromatic carbocycles. The predicted molar refractivity (Wildman–Crippen MR) is 190 cm³/mol. The molecule has 11 heteroatoms. The summed E-state index contributed by atoms with van der Waals surface area (Å²) in [6.45, 7) is 2.64. The zero-order valence-electron chi connectivity index (χ0n) is 25.8. The first-order chi connectivity index (χ1) is 22.8. The Morgan fingerprint density at radius 2 is 1.55 bits per heavy atom. The molecule has 47 heavy (non-hydrogen) atoms. The van der Waals surface area contributed by atoms with Crippen LogP contribution >= 0.6 is 0 Å². The minimum Gasteiger partial charge on any atom is -0.579 e. The van der Waals surface area contributed by atoms with Gasteiger partial charge in [0.15, 0.2) is 0 Å². The first-order valence-electron chi connectivity index (χ1n) is 15.0. The topological polar surface area (TPSA) is 192 Å². The molecule has 0 aliphatic heterocycles. The highest BCUT2D eigenvalue weighted by Crippen LogP contribution is 2.48. The molecule has 11 nitrogen and oxygen atoms in total. The Morgan fingerprint density at radius 1 is 0.830 bits per heavy atom. The molecule has 9 N–H and O–H groups in total. The van der Waals surface area contributed by atoms with Crippen molar-refractivity contribution >= 4 is 45.6 Å². The van der Waals surface area contributed by atoms with Gasteiger partial charge in [0.2, 0.25) is 0 Å². The molecular formula is C36H34N11-. The van der Waals surface area contributed by atoms with Crippen LogP contribution in [0.3, 0.4) is 0 Å². The fourth-order valence-electron chi connectivity index (χ4n) is 5.60. The van der Waals surface area contributed by atoms with E-state index in [1.807, 2.05) is 49.4 Å². The minimum atomic E-state index is -0.0370. The van der Waals surface area contributed by atoms with Crippen molar-refractivity contribution < 1.29 is 0 Å². The van der Waals surface area contributed by atoms with E-state index in [1.54, 1.807) is 42.5 Å². The van der Waals surface area contributed by atoms with E-state index in [-0.39, 0.29) is 11.7 Å². The Morgan fingerprint density at radius 3 is 2.30 bits per heavy atom. The van der Waals surface area contributed by atoms with Gasteiger partial charge in [-0.3, -0.25) is 27.1 Å². The third-order valence-corrected chi connectivity index (χ3v) is 7.77. The molecule has 2 aliphatic carbocycles. The molecule has 0 saturated heterocycles. The number of nitrogens with zero attached hydrogens (tertiary/aromatic N) is 5. The van der Waals surface area contributed by atoms with Crippen molar-refractivity contribution in [2.24, 2.45) is 32.6 Å². The Labute approximate surface area is 272 Å². The van der Waals surface area contributed by atoms with Crippen LogP contribution in [-0.4, -0.2) is 23.9 Å². The fourth-order valence-corrected chi connectivity index (χ4v) is 5.60. The molecule has 234 valence electrons. The molecule has 4 aromatic rings. The van der Waals surface area contributed by atoms with Crippen LogP contribution in [0.1, 0.15) is 41.2 Å². The van der Waals surface area contributed by atoms with E-state index in [4.69, 9.17) is 33.1 Å². The number of amidine groups is 2. The summed E-state index contributed by atoms with van der Waals surface area (Å²) >= 11 is 0. The van der Waals surface area contributed by atoms with Crippen LogP contribution in [0.2, 0.25) is 0 Å². The molecule has 0 aromatic heterocycles. The van der Waals surface area contributed by atoms with Gasteiger partial charge in [-0.15, -0.1) is 10.8 Å². The maximum absolute atomic E-state index is 7.76. The Hall–Kier alpha value is -6.33. The van der Waals surface area contributed by atoms with Crippen molar-refractivity contribution in [1.29, 1.82) is 10.8 Å². The van der Waals surface area contributed by atoms with Crippen molar-refractivity contribution in [2.45, 2.75) is 13.3 Å². The van der Waals surface area contributed by atoms with E-state index in [0.717, 1.165) is 44.8 Å². The van der Waals surface area contributed by atoms with E-state index < -0.39 is 0 Å². The first-order valence-corrected chi connectivity index (χ1v) is 15.0. The van der Waals surface area contributed by atoms with Crippen molar-refractivity contribution in [3.05, 3.63) is 154 Å². The molecule has 2 aliphatic rings. The summed E-state index contributed by atoms with van der Waals surface area (Å²) in [6, 6.07) is 30.4. The van der Waals surface area contributed by atoms with E-state index in [0.29, 0.717) is 41.2 Å². The van der Waals surface area contributed by atoms with Crippen molar-refractivity contribution in [1.82, 2.24) is 5.43 Å². The first kappa shape index (κ1) is 30.7. The molecule has 0 bridgehead atoms. The maximum atomic E-state index is 7.76. The van der Waals surface area contributed by atoms with Gasteiger partial charge < -0.3 is 22.0 Å². The lowest BCUT2D eigenvalue weighted by Crippen LogP contribution is -2.25. The smallest absolute Gasteiger partial charge is 0.122 e. The zero-order valence-corrected chi connectivity index (χ0v) is 25.8. The van der Waals surface area contributed by atoms with Crippen molar-refractivity contribution in [3.63, 3.8) is 0 Å². The third-order valence-electron chi connectivity index (χ3n) is 7.77. The number of hydrogen-bond acceptors (Lipinski definition) is 7. The number of hydrazine groups is 1. The average molecular weight is 621 g/mol. The molecule has 0 radical (unpaired) electrons. The summed E-state index contributed by atoms with van der Waals surface area (Å²) in [5.74, 6) is 6.43. The highest BCUT2D eigenvalue weighted by Gasteiger charge is 2.32. The lowest BCUT2D eigenvalue weighted by molar-refractivity contribution is 0.787. The van der Waals surface area contributed by atoms with E-state index in [2.05, 4.69) is 45.5 Å². The van der Waals surface area contributed by atoms with Crippen LogP contribution in [0.5, 0.6) is 0 Å². The standard InChI is InChI=1S/C36H34N11/c1-2-42-34(22-8-4-3-5-9-22)33-31-20-26(44-46-43-25-12-6-10-23(18-25)35(37)38)14-16-29(31)30-17-15-28(21-32(30)33)47(41)45-27-13-7-11-24(19-27)36(39)40/h3-19,21H,2,20,41H2,1H3,(H3,37,38)(H3,39,40)(H,43,44)/q-1. The molecule has 0 heterocycles. The van der Waals surface area contributed by atoms with Gasteiger partial charge in [0.1, 0.15) is 11.7 Å². The number of hydrogen-bond donors (Lipinski definition) is 6. The number of aliphatic imine (C=N–C) groups is 1. The van der Waals surface area contributed by atoms with Crippen molar-refractivity contribution in [3.8, 4) is 0 Å². The van der Waals surface area contributed by atoms with E-state index in [1.165, 1.54) is 5.12 Å². The normalized spacial score (nSPS) is 13.9. The number of fused-ring (bicyclic) bond motifs is 3. The summed E-state index contributed by atoms with van der Waals surface area (Å²) < 4.78 is 0. The summed E-state index contributed by atoms with van der Waals surface area (Å²) in [5.41, 5.74) is 30.1. The molecule has 0 fully saturated rings. The molecule has 0 atom stereocenters. The van der Waals surface area contributed by atoms with Crippen LogP contribution in [-0.2, 0) is 0 Å². The Bertz CT molecular complexity index is 2020. The highest BCUT2D eigenvalue weighted by atomic mass is 15.7. The Kier molecular flexibility index (Phi) is 8.71. The van der Waals surface area contributed by atoms with Gasteiger partial charge >= 0.3 is 0 Å². The lowest BCUT2D eigenvalue weighted by atomic mass is 9.91. The quantitative estimate of drug-likeness (QED) is 0.0353. The second-order valence-electron chi connectivity index (χ2n) is 10.9. The number of rotatable bonds is 11. The number of benzene rings is 4. The van der Waals surface area contributed by atoms with E-state index in [9.17, 15) is 0 Å². The second kappa shape index (κ2) is 13.3. The second-order valence-corrected chi connectivity index (χ2v) is 10.9. The average Bonchev–Trinajstić information content (AvgIpc) is 3.40. The van der Waals surface area contributed by atoms with Gasteiger partial charge in [0, 0.05) is 46.6 Å². The molecule has 0 amide bonds. The third kappa shape index (κ3) is 6.56.